The van der Waals surface area contributed by atoms with Gasteiger partial charge in [0, 0.05) is 24.2 Å². The first-order valence-electron chi connectivity index (χ1n) is 6.73. The van der Waals surface area contributed by atoms with Crippen LogP contribution in [0.4, 0.5) is 8.78 Å². The van der Waals surface area contributed by atoms with Crippen LogP contribution in [0.5, 0.6) is 0 Å². The van der Waals surface area contributed by atoms with E-state index in [4.69, 9.17) is 0 Å². The third-order valence-electron chi connectivity index (χ3n) is 4.03. The van der Waals surface area contributed by atoms with Gasteiger partial charge in [-0.25, -0.2) is 8.78 Å². The zero-order chi connectivity index (χ0) is 13.1. The zero-order valence-electron chi connectivity index (χ0n) is 11.0. The minimum Gasteiger partial charge on any atom is -0.310 e. The molecule has 18 heavy (non-hydrogen) atoms. The van der Waals surface area contributed by atoms with Gasteiger partial charge in [0.2, 0.25) is 0 Å². The van der Waals surface area contributed by atoms with Crippen molar-refractivity contribution >= 4 is 0 Å². The maximum absolute atomic E-state index is 13.5. The van der Waals surface area contributed by atoms with Crippen molar-refractivity contribution in [1.29, 1.82) is 0 Å². The van der Waals surface area contributed by atoms with Crippen molar-refractivity contribution in [3.05, 3.63) is 35.4 Å². The fourth-order valence-electron chi connectivity index (χ4n) is 2.72. The van der Waals surface area contributed by atoms with Crippen LogP contribution in [0, 0.1) is 23.5 Å². The number of benzene rings is 1. The summed E-state index contributed by atoms with van der Waals surface area (Å²) in [7, 11) is 0. The van der Waals surface area contributed by atoms with E-state index in [1.54, 1.807) is 0 Å². The lowest BCUT2D eigenvalue weighted by Gasteiger charge is -2.33. The standard InChI is InChI=1S/C15H21F2N/c1-10-3-4-11(2)15(7-10)18-9-12-5-6-13(16)8-14(12)17/h5-6,8,10-11,15,18H,3-4,7,9H2,1-2H3. The van der Waals surface area contributed by atoms with Crippen LogP contribution in [0.3, 0.4) is 0 Å². The van der Waals surface area contributed by atoms with E-state index in [1.165, 1.54) is 25.0 Å². The van der Waals surface area contributed by atoms with Crippen LogP contribution >= 0.6 is 0 Å². The molecule has 0 heterocycles. The Morgan fingerprint density at radius 1 is 1.22 bits per heavy atom. The molecule has 100 valence electrons. The van der Waals surface area contributed by atoms with Crippen LogP contribution in [0.2, 0.25) is 0 Å². The lowest BCUT2D eigenvalue weighted by Crippen LogP contribution is -2.39. The third-order valence-corrected chi connectivity index (χ3v) is 4.03. The van der Waals surface area contributed by atoms with Crippen LogP contribution in [0.25, 0.3) is 0 Å². The van der Waals surface area contributed by atoms with Gasteiger partial charge in [-0.3, -0.25) is 0 Å². The molecule has 1 fully saturated rings. The molecule has 1 nitrogen and oxygen atoms in total. The second-order valence-electron chi connectivity index (χ2n) is 5.62. The molecule has 1 aliphatic carbocycles. The molecule has 0 amide bonds. The topological polar surface area (TPSA) is 12.0 Å². The quantitative estimate of drug-likeness (QED) is 0.862. The number of halogens is 2. The van der Waals surface area contributed by atoms with Gasteiger partial charge in [-0.15, -0.1) is 0 Å². The first-order chi connectivity index (χ1) is 8.56. The Balaban J connectivity index is 1.94. The number of hydrogen-bond donors (Lipinski definition) is 1. The van der Waals surface area contributed by atoms with Crippen LogP contribution < -0.4 is 5.32 Å². The van der Waals surface area contributed by atoms with Crippen molar-refractivity contribution in [1.82, 2.24) is 5.32 Å². The molecule has 1 aromatic carbocycles. The molecule has 1 saturated carbocycles. The molecule has 0 bridgehead atoms. The van der Waals surface area contributed by atoms with E-state index in [-0.39, 0.29) is 0 Å². The summed E-state index contributed by atoms with van der Waals surface area (Å²) in [6.45, 7) is 4.98. The Morgan fingerprint density at radius 2 is 2.00 bits per heavy atom. The highest BCUT2D eigenvalue weighted by Crippen LogP contribution is 2.28. The van der Waals surface area contributed by atoms with Gasteiger partial charge < -0.3 is 5.32 Å². The van der Waals surface area contributed by atoms with Gasteiger partial charge in [0.1, 0.15) is 11.6 Å². The van der Waals surface area contributed by atoms with E-state index in [0.29, 0.717) is 24.1 Å². The molecular weight excluding hydrogens is 232 g/mol. The van der Waals surface area contributed by atoms with Crippen molar-refractivity contribution in [3.63, 3.8) is 0 Å². The molecule has 0 aliphatic heterocycles. The average molecular weight is 253 g/mol. The van der Waals surface area contributed by atoms with Crippen molar-refractivity contribution < 1.29 is 8.78 Å². The Hall–Kier alpha value is -0.960. The van der Waals surface area contributed by atoms with E-state index in [0.717, 1.165) is 18.4 Å². The summed E-state index contributed by atoms with van der Waals surface area (Å²) >= 11 is 0. The second kappa shape index (κ2) is 5.79. The molecule has 1 N–H and O–H groups in total. The van der Waals surface area contributed by atoms with Gasteiger partial charge in [-0.1, -0.05) is 26.3 Å². The molecular formula is C15H21F2N. The van der Waals surface area contributed by atoms with E-state index >= 15 is 0 Å². The maximum Gasteiger partial charge on any atom is 0.130 e. The third kappa shape index (κ3) is 3.29. The first-order valence-corrected chi connectivity index (χ1v) is 6.73. The van der Waals surface area contributed by atoms with E-state index < -0.39 is 11.6 Å². The van der Waals surface area contributed by atoms with E-state index in [2.05, 4.69) is 19.2 Å². The van der Waals surface area contributed by atoms with Gasteiger partial charge in [0.05, 0.1) is 0 Å². The SMILES string of the molecule is CC1CCC(C)C(NCc2ccc(F)cc2F)C1. The lowest BCUT2D eigenvalue weighted by molar-refractivity contribution is 0.227. The molecule has 3 heteroatoms. The zero-order valence-corrected chi connectivity index (χ0v) is 11.0. The highest BCUT2D eigenvalue weighted by atomic mass is 19.1. The Kier molecular flexibility index (Phi) is 4.33. The van der Waals surface area contributed by atoms with E-state index in [1.807, 2.05) is 0 Å². The first kappa shape index (κ1) is 13.5. The molecule has 3 unspecified atom stereocenters. The molecule has 0 spiro atoms. The minimum atomic E-state index is -0.518. The van der Waals surface area contributed by atoms with Crippen LogP contribution in [0.15, 0.2) is 18.2 Å². The van der Waals surface area contributed by atoms with Crippen molar-refractivity contribution in [3.8, 4) is 0 Å². The summed E-state index contributed by atoms with van der Waals surface area (Å²) in [6, 6.07) is 4.23. The summed E-state index contributed by atoms with van der Waals surface area (Å²) in [4.78, 5) is 0. The highest BCUT2D eigenvalue weighted by Gasteiger charge is 2.24. The second-order valence-corrected chi connectivity index (χ2v) is 5.62. The molecule has 2 rings (SSSR count). The average Bonchev–Trinajstić information content (AvgIpc) is 2.32. The van der Waals surface area contributed by atoms with Gasteiger partial charge in [0.25, 0.3) is 0 Å². The normalized spacial score (nSPS) is 28.3. The predicted octanol–water partition coefficient (Wildman–Crippen LogP) is 3.88. The number of rotatable bonds is 3. The Bertz CT molecular complexity index is 405. The molecule has 1 aromatic rings. The van der Waals surface area contributed by atoms with E-state index in [9.17, 15) is 8.78 Å². The summed E-state index contributed by atoms with van der Waals surface area (Å²) in [6.07, 6.45) is 3.65. The van der Waals surface area contributed by atoms with Gasteiger partial charge in [-0.05, 0) is 30.7 Å². The van der Waals surface area contributed by atoms with Crippen LogP contribution in [0.1, 0.15) is 38.7 Å². The van der Waals surface area contributed by atoms with Crippen LogP contribution in [-0.2, 0) is 6.54 Å². The molecule has 0 saturated heterocycles. The fourth-order valence-corrected chi connectivity index (χ4v) is 2.72. The van der Waals surface area contributed by atoms with Crippen molar-refractivity contribution in [2.45, 2.75) is 45.7 Å². The van der Waals surface area contributed by atoms with Gasteiger partial charge in [-0.2, -0.15) is 0 Å². The lowest BCUT2D eigenvalue weighted by atomic mass is 9.80. The molecule has 0 aromatic heterocycles. The maximum atomic E-state index is 13.5. The summed E-state index contributed by atoms with van der Waals surface area (Å²) < 4.78 is 26.3. The predicted molar refractivity (Wildman–Crippen MR) is 69.2 cm³/mol. The number of nitrogens with one attached hydrogen (secondary N) is 1. The molecule has 3 atom stereocenters. The summed E-state index contributed by atoms with van der Waals surface area (Å²) in [5.74, 6) is 0.386. The highest BCUT2D eigenvalue weighted by molar-refractivity contribution is 5.18. The fraction of sp³-hybridized carbons (Fsp3) is 0.600. The number of hydrogen-bond acceptors (Lipinski definition) is 1. The largest absolute Gasteiger partial charge is 0.310 e. The van der Waals surface area contributed by atoms with Gasteiger partial charge >= 0.3 is 0 Å². The molecule has 0 radical (unpaired) electrons. The van der Waals surface area contributed by atoms with Gasteiger partial charge in [0.15, 0.2) is 0 Å². The minimum absolute atomic E-state index is 0.443. The van der Waals surface area contributed by atoms with Crippen molar-refractivity contribution in [2.24, 2.45) is 11.8 Å². The van der Waals surface area contributed by atoms with Crippen molar-refractivity contribution in [2.75, 3.05) is 0 Å². The summed E-state index contributed by atoms with van der Waals surface area (Å²) in [5, 5.41) is 3.42. The summed E-state index contributed by atoms with van der Waals surface area (Å²) in [5.41, 5.74) is 0.543. The van der Waals surface area contributed by atoms with Crippen LogP contribution in [-0.4, -0.2) is 6.04 Å². The smallest absolute Gasteiger partial charge is 0.130 e. The Morgan fingerprint density at radius 3 is 2.72 bits per heavy atom. The molecule has 1 aliphatic rings. The monoisotopic (exact) mass is 253 g/mol. The Labute approximate surface area is 108 Å².